The molecule has 29 heavy (non-hydrogen) atoms. The molecule has 152 valence electrons. The summed E-state index contributed by atoms with van der Waals surface area (Å²) in [5.41, 5.74) is 2.02. The fourth-order valence-corrected chi connectivity index (χ4v) is 3.31. The highest BCUT2D eigenvalue weighted by atomic mass is 32.2. The number of benzene rings is 2. The number of oxazole rings is 1. The largest absolute Gasteiger partial charge is 0.493 e. The van der Waals surface area contributed by atoms with Gasteiger partial charge in [0.2, 0.25) is 5.89 Å². The fraction of sp³-hybridized carbons (Fsp3) is 0.200. The number of aldehydes is 1. The Morgan fingerprint density at radius 1 is 1.17 bits per heavy atom. The Morgan fingerprint density at radius 3 is 2.66 bits per heavy atom. The molecular formula is C20H19NO7S. The average molecular weight is 417 g/mol. The second kappa shape index (κ2) is 8.46. The third kappa shape index (κ3) is 5.21. The summed E-state index contributed by atoms with van der Waals surface area (Å²) in [4.78, 5) is 15.3. The Hall–Kier alpha value is -3.17. The molecule has 0 aliphatic carbocycles. The number of aromatic nitrogens is 1. The highest BCUT2D eigenvalue weighted by Gasteiger charge is 2.15. The van der Waals surface area contributed by atoms with Gasteiger partial charge in [0.15, 0.2) is 11.5 Å². The predicted octanol–water partition coefficient (Wildman–Crippen LogP) is 3.44. The fourth-order valence-electron chi connectivity index (χ4n) is 2.71. The predicted molar refractivity (Wildman–Crippen MR) is 105 cm³/mol. The second-order valence-corrected chi connectivity index (χ2v) is 7.72. The molecule has 8 nitrogen and oxygen atoms in total. The highest BCUT2D eigenvalue weighted by molar-refractivity contribution is 7.85. The van der Waals surface area contributed by atoms with E-state index in [-0.39, 0.29) is 6.61 Å². The maximum atomic E-state index is 11.1. The van der Waals surface area contributed by atoms with E-state index in [0.29, 0.717) is 45.5 Å². The molecule has 0 aliphatic rings. The van der Waals surface area contributed by atoms with Gasteiger partial charge in [-0.05, 0) is 42.8 Å². The van der Waals surface area contributed by atoms with Crippen molar-refractivity contribution >= 4 is 16.4 Å². The maximum absolute atomic E-state index is 11.1. The van der Waals surface area contributed by atoms with Crippen molar-refractivity contribution in [3.63, 3.8) is 0 Å². The molecule has 1 heterocycles. The standard InChI is InChI=1S/C20H19NO7S/c1-13-17(11-27-18-7-6-14(10-22)9-19(18)26-2)21-20(28-13)16-5-3-4-15(8-16)12-29(23,24)25/h3-10H,11-12H2,1-2H3,(H,23,24,25). The molecule has 3 rings (SSSR count). The van der Waals surface area contributed by atoms with Crippen molar-refractivity contribution in [1.29, 1.82) is 0 Å². The smallest absolute Gasteiger partial charge is 0.269 e. The van der Waals surface area contributed by atoms with E-state index >= 15 is 0 Å². The monoisotopic (exact) mass is 417 g/mol. The summed E-state index contributed by atoms with van der Waals surface area (Å²) >= 11 is 0. The van der Waals surface area contributed by atoms with Crippen molar-refractivity contribution in [3.8, 4) is 23.0 Å². The van der Waals surface area contributed by atoms with Gasteiger partial charge in [0.25, 0.3) is 10.1 Å². The molecule has 0 bridgehead atoms. The first-order chi connectivity index (χ1) is 13.8. The van der Waals surface area contributed by atoms with Gasteiger partial charge in [-0.1, -0.05) is 12.1 Å². The maximum Gasteiger partial charge on any atom is 0.269 e. The summed E-state index contributed by atoms with van der Waals surface area (Å²) in [5, 5.41) is 0. The Labute approximate surface area is 167 Å². The van der Waals surface area contributed by atoms with E-state index in [1.165, 1.54) is 7.11 Å². The van der Waals surface area contributed by atoms with E-state index in [2.05, 4.69) is 4.98 Å². The number of carbonyl (C=O) groups excluding carboxylic acids is 1. The molecular weight excluding hydrogens is 398 g/mol. The zero-order chi connectivity index (χ0) is 21.0. The summed E-state index contributed by atoms with van der Waals surface area (Å²) in [6.45, 7) is 1.85. The van der Waals surface area contributed by atoms with Gasteiger partial charge in [-0.15, -0.1) is 0 Å². The number of hydrogen-bond donors (Lipinski definition) is 1. The van der Waals surface area contributed by atoms with Gasteiger partial charge in [0.05, 0.1) is 7.11 Å². The van der Waals surface area contributed by atoms with Crippen LogP contribution in [0.3, 0.4) is 0 Å². The molecule has 0 atom stereocenters. The van der Waals surface area contributed by atoms with Crippen LogP contribution in [0.4, 0.5) is 0 Å². The number of rotatable bonds is 8. The molecule has 0 aliphatic heterocycles. The third-order valence-corrected chi connectivity index (χ3v) is 4.80. The van der Waals surface area contributed by atoms with Gasteiger partial charge >= 0.3 is 0 Å². The van der Waals surface area contributed by atoms with Gasteiger partial charge in [-0.2, -0.15) is 8.42 Å². The first-order valence-corrected chi connectivity index (χ1v) is 10.2. The van der Waals surface area contributed by atoms with Gasteiger partial charge in [0.1, 0.15) is 30.1 Å². The molecule has 1 N–H and O–H groups in total. The number of methoxy groups -OCH3 is 1. The summed E-state index contributed by atoms with van der Waals surface area (Å²) in [5.74, 6) is 1.24. The number of ether oxygens (including phenoxy) is 2. The molecule has 3 aromatic rings. The van der Waals surface area contributed by atoms with Crippen LogP contribution in [-0.2, 0) is 22.5 Å². The minimum atomic E-state index is -4.13. The molecule has 0 fully saturated rings. The lowest BCUT2D eigenvalue weighted by atomic mass is 10.1. The van der Waals surface area contributed by atoms with Crippen molar-refractivity contribution in [3.05, 3.63) is 65.0 Å². The van der Waals surface area contributed by atoms with E-state index in [1.54, 1.807) is 49.4 Å². The number of aryl methyl sites for hydroxylation is 1. The molecule has 0 amide bonds. The van der Waals surface area contributed by atoms with Crippen molar-refractivity contribution in [2.45, 2.75) is 19.3 Å². The second-order valence-electron chi connectivity index (χ2n) is 6.27. The molecule has 0 spiro atoms. The van der Waals surface area contributed by atoms with Crippen LogP contribution in [0.25, 0.3) is 11.5 Å². The number of carbonyl (C=O) groups is 1. The number of hydrogen-bond acceptors (Lipinski definition) is 7. The topological polar surface area (TPSA) is 116 Å². The van der Waals surface area contributed by atoms with Crippen LogP contribution in [0, 0.1) is 6.92 Å². The van der Waals surface area contributed by atoms with Crippen LogP contribution in [0.15, 0.2) is 46.9 Å². The molecule has 0 radical (unpaired) electrons. The molecule has 1 aromatic heterocycles. The van der Waals surface area contributed by atoms with Crippen LogP contribution in [0.1, 0.15) is 27.4 Å². The van der Waals surface area contributed by atoms with Crippen LogP contribution in [0.2, 0.25) is 0 Å². The van der Waals surface area contributed by atoms with E-state index < -0.39 is 15.9 Å². The molecule has 9 heteroatoms. The molecule has 2 aromatic carbocycles. The zero-order valence-corrected chi connectivity index (χ0v) is 16.6. The minimum Gasteiger partial charge on any atom is -0.493 e. The van der Waals surface area contributed by atoms with Gasteiger partial charge in [0, 0.05) is 11.1 Å². The first kappa shape index (κ1) is 20.6. The van der Waals surface area contributed by atoms with E-state index in [1.807, 2.05) is 0 Å². The van der Waals surface area contributed by atoms with Crippen LogP contribution in [-0.4, -0.2) is 31.4 Å². The van der Waals surface area contributed by atoms with Crippen molar-refractivity contribution in [2.75, 3.05) is 7.11 Å². The van der Waals surface area contributed by atoms with Gasteiger partial charge < -0.3 is 13.9 Å². The summed E-state index contributed by atoms with van der Waals surface area (Å²) in [6.07, 6.45) is 0.719. The van der Waals surface area contributed by atoms with Crippen molar-refractivity contribution in [1.82, 2.24) is 4.98 Å². The zero-order valence-electron chi connectivity index (χ0n) is 15.8. The Morgan fingerprint density at radius 2 is 1.97 bits per heavy atom. The van der Waals surface area contributed by atoms with Crippen LogP contribution in [0.5, 0.6) is 11.5 Å². The number of nitrogens with zero attached hydrogens (tertiary/aromatic N) is 1. The Balaban J connectivity index is 1.79. The Bertz CT molecular complexity index is 1140. The highest BCUT2D eigenvalue weighted by Crippen LogP contribution is 2.29. The van der Waals surface area contributed by atoms with Crippen molar-refractivity contribution < 1.29 is 31.7 Å². The molecule has 0 saturated heterocycles. The summed E-state index contributed by atoms with van der Waals surface area (Å²) < 4.78 is 47.9. The lowest BCUT2D eigenvalue weighted by Gasteiger charge is -2.10. The minimum absolute atomic E-state index is 0.108. The van der Waals surface area contributed by atoms with E-state index in [0.717, 1.165) is 6.29 Å². The summed E-state index contributed by atoms with van der Waals surface area (Å²) in [7, 11) is -2.65. The normalized spacial score (nSPS) is 11.3. The van der Waals surface area contributed by atoms with Gasteiger partial charge in [-0.3, -0.25) is 9.35 Å². The van der Waals surface area contributed by atoms with Crippen LogP contribution >= 0.6 is 0 Å². The Kier molecular flexibility index (Phi) is 6.00. The van der Waals surface area contributed by atoms with E-state index in [9.17, 15) is 13.2 Å². The van der Waals surface area contributed by atoms with Gasteiger partial charge in [-0.25, -0.2) is 4.98 Å². The molecule has 0 saturated carbocycles. The quantitative estimate of drug-likeness (QED) is 0.438. The van der Waals surface area contributed by atoms with Crippen LogP contribution < -0.4 is 9.47 Å². The lowest BCUT2D eigenvalue weighted by Crippen LogP contribution is -2.01. The molecule has 0 unspecified atom stereocenters. The van der Waals surface area contributed by atoms with E-state index in [4.69, 9.17) is 18.4 Å². The SMILES string of the molecule is COc1cc(C=O)ccc1OCc1nc(-c2cccc(CS(=O)(=O)O)c2)oc1C. The van der Waals surface area contributed by atoms with Crippen molar-refractivity contribution in [2.24, 2.45) is 0 Å². The first-order valence-electron chi connectivity index (χ1n) is 8.56. The lowest BCUT2D eigenvalue weighted by molar-refractivity contribution is 0.112. The average Bonchev–Trinajstić information content (AvgIpc) is 3.06. The third-order valence-electron chi connectivity index (χ3n) is 4.10. The summed E-state index contributed by atoms with van der Waals surface area (Å²) in [6, 6.07) is 11.4.